The van der Waals surface area contributed by atoms with E-state index in [-0.39, 0.29) is 0 Å². The van der Waals surface area contributed by atoms with Crippen LogP contribution in [-0.2, 0) is 0 Å². The predicted molar refractivity (Wildman–Crippen MR) is 80.7 cm³/mol. The molecule has 2 saturated carbocycles. The lowest BCUT2D eigenvalue weighted by molar-refractivity contribution is 0.137. The lowest BCUT2D eigenvalue weighted by Crippen LogP contribution is -2.43. The molecule has 3 nitrogen and oxygen atoms in total. The Hall–Kier alpha value is -1.38. The summed E-state index contributed by atoms with van der Waals surface area (Å²) in [5.74, 6) is 1.85. The molecule has 1 aliphatic heterocycles. The second-order valence-corrected chi connectivity index (χ2v) is 7.50. The average Bonchev–Trinajstić information content (AvgIpc) is 2.95. The summed E-state index contributed by atoms with van der Waals surface area (Å²) in [7, 11) is 2.21. The van der Waals surface area contributed by atoms with Crippen LogP contribution >= 0.6 is 0 Å². The van der Waals surface area contributed by atoms with E-state index in [9.17, 15) is 0 Å². The first-order valence-electron chi connectivity index (χ1n) is 7.69. The number of hydrogen-bond acceptors (Lipinski definition) is 3. The summed E-state index contributed by atoms with van der Waals surface area (Å²) in [5.41, 5.74) is 1.76. The van der Waals surface area contributed by atoms with Crippen LogP contribution < -0.4 is 0 Å². The fourth-order valence-electron chi connectivity index (χ4n) is 5.09. The van der Waals surface area contributed by atoms with Gasteiger partial charge in [-0.2, -0.15) is 0 Å². The van der Waals surface area contributed by atoms with Crippen molar-refractivity contribution in [2.45, 2.75) is 45.7 Å². The lowest BCUT2D eigenvalue weighted by atomic mass is 9.69. The Morgan fingerprint density at radius 1 is 1.25 bits per heavy atom. The maximum atomic E-state index is 5.13. The van der Waals surface area contributed by atoms with Gasteiger partial charge >= 0.3 is 0 Å². The molecule has 1 aromatic rings. The number of rotatable bonds is 1. The topological polar surface area (TPSA) is 28.5 Å². The molecule has 0 saturated heterocycles. The van der Waals surface area contributed by atoms with Gasteiger partial charge in [-0.3, -0.25) is 9.98 Å². The van der Waals surface area contributed by atoms with Gasteiger partial charge in [0.25, 0.3) is 0 Å². The van der Waals surface area contributed by atoms with Crippen LogP contribution in [0.2, 0.25) is 0 Å². The van der Waals surface area contributed by atoms with E-state index in [1.807, 2.05) is 18.3 Å². The lowest BCUT2D eigenvalue weighted by Gasteiger charge is -2.36. The molecule has 0 radical (unpaired) electrons. The molecule has 4 rings (SSSR count). The van der Waals surface area contributed by atoms with Gasteiger partial charge < -0.3 is 4.90 Å². The molecule has 3 aliphatic rings. The van der Waals surface area contributed by atoms with Crippen molar-refractivity contribution in [2.75, 3.05) is 7.05 Å². The molecule has 2 heterocycles. The maximum absolute atomic E-state index is 5.13. The van der Waals surface area contributed by atoms with Crippen LogP contribution in [0.5, 0.6) is 0 Å². The normalized spacial score (nSPS) is 40.9. The number of nitrogens with zero attached hydrogens (tertiary/aromatic N) is 3. The van der Waals surface area contributed by atoms with Crippen LogP contribution in [-0.4, -0.2) is 34.9 Å². The zero-order valence-electron chi connectivity index (χ0n) is 12.8. The molecular formula is C17H23N3. The summed E-state index contributed by atoms with van der Waals surface area (Å²) in [6, 6.07) is 7.10. The molecule has 20 heavy (non-hydrogen) atoms. The van der Waals surface area contributed by atoms with Gasteiger partial charge in [0.1, 0.15) is 11.5 Å². The molecule has 4 atom stereocenters. The van der Waals surface area contributed by atoms with Crippen LogP contribution in [0.15, 0.2) is 29.4 Å². The van der Waals surface area contributed by atoms with Crippen molar-refractivity contribution in [1.82, 2.24) is 9.88 Å². The van der Waals surface area contributed by atoms with E-state index < -0.39 is 0 Å². The van der Waals surface area contributed by atoms with Gasteiger partial charge in [-0.25, -0.2) is 0 Å². The highest BCUT2D eigenvalue weighted by molar-refractivity contribution is 5.98. The Labute approximate surface area is 121 Å². The smallest absolute Gasteiger partial charge is 0.150 e. The van der Waals surface area contributed by atoms with Gasteiger partial charge in [-0.15, -0.1) is 0 Å². The van der Waals surface area contributed by atoms with Crippen molar-refractivity contribution in [3.05, 3.63) is 30.1 Å². The van der Waals surface area contributed by atoms with Crippen LogP contribution in [0.1, 0.15) is 39.3 Å². The Balaban J connectivity index is 1.80. The van der Waals surface area contributed by atoms with E-state index in [1.165, 1.54) is 12.8 Å². The van der Waals surface area contributed by atoms with Crippen molar-refractivity contribution in [1.29, 1.82) is 0 Å². The fraction of sp³-hybridized carbons (Fsp3) is 0.647. The van der Waals surface area contributed by atoms with Crippen molar-refractivity contribution in [2.24, 2.45) is 21.7 Å². The zero-order chi connectivity index (χ0) is 14.1. The molecular weight excluding hydrogens is 246 g/mol. The third kappa shape index (κ3) is 1.22. The van der Waals surface area contributed by atoms with Crippen molar-refractivity contribution < 1.29 is 0 Å². The largest absolute Gasteiger partial charge is 0.353 e. The van der Waals surface area contributed by atoms with Gasteiger partial charge in [-0.1, -0.05) is 26.8 Å². The number of fused-ring (bicyclic) bond motifs is 5. The van der Waals surface area contributed by atoms with Gasteiger partial charge in [0.15, 0.2) is 0 Å². The van der Waals surface area contributed by atoms with Crippen LogP contribution in [0.3, 0.4) is 0 Å². The minimum absolute atomic E-state index is 0.340. The standard InChI is InChI=1S/C17H23N3/c1-16(2)11-8-9-17(16,3)14-13(11)20(4)15(19-14)12-7-5-6-10-18-12/h5-7,10-11,13-14H,8-9H2,1-4H3/t11-,13-,14-,17+/m1/s1. The van der Waals surface area contributed by atoms with Gasteiger partial charge in [0, 0.05) is 13.2 Å². The first kappa shape index (κ1) is 12.4. The SMILES string of the molecule is CN1C(c2ccccn2)=N[C@@H]2[C@H]1[C@H]1CC[C@]2(C)C1(C)C. The highest BCUT2D eigenvalue weighted by Gasteiger charge is 2.69. The Bertz CT molecular complexity index is 577. The first-order valence-corrected chi connectivity index (χ1v) is 7.69. The van der Waals surface area contributed by atoms with Crippen molar-refractivity contribution >= 4 is 5.84 Å². The van der Waals surface area contributed by atoms with Crippen LogP contribution in [0, 0.1) is 16.7 Å². The summed E-state index contributed by atoms with van der Waals surface area (Å²) >= 11 is 0. The van der Waals surface area contributed by atoms with E-state index in [0.717, 1.165) is 17.4 Å². The predicted octanol–water partition coefficient (Wildman–Crippen LogP) is 2.97. The number of hydrogen-bond donors (Lipinski definition) is 0. The van der Waals surface area contributed by atoms with Crippen LogP contribution in [0.25, 0.3) is 0 Å². The highest BCUT2D eigenvalue weighted by atomic mass is 15.3. The fourth-order valence-corrected chi connectivity index (χ4v) is 5.09. The van der Waals surface area contributed by atoms with E-state index in [1.54, 1.807) is 0 Å². The molecule has 1 aromatic heterocycles. The number of likely N-dealkylation sites (N-methyl/N-ethyl adjacent to an activating group) is 1. The summed E-state index contributed by atoms with van der Waals surface area (Å²) < 4.78 is 0. The summed E-state index contributed by atoms with van der Waals surface area (Å²) in [6.45, 7) is 7.36. The Kier molecular flexibility index (Phi) is 2.24. The van der Waals surface area contributed by atoms with Crippen molar-refractivity contribution in [3.63, 3.8) is 0 Å². The van der Waals surface area contributed by atoms with E-state index >= 15 is 0 Å². The second kappa shape index (κ2) is 3.63. The van der Waals surface area contributed by atoms with Gasteiger partial charge in [-0.05, 0) is 41.7 Å². The van der Waals surface area contributed by atoms with E-state index in [2.05, 4.69) is 43.8 Å². The molecule has 2 aliphatic carbocycles. The number of aromatic nitrogens is 1. The summed E-state index contributed by atoms with van der Waals surface area (Å²) in [6.07, 6.45) is 4.53. The quantitative estimate of drug-likeness (QED) is 0.784. The summed E-state index contributed by atoms with van der Waals surface area (Å²) in [5, 5.41) is 0. The molecule has 106 valence electrons. The number of pyridine rings is 1. The molecule has 3 heteroatoms. The molecule has 0 unspecified atom stereocenters. The Morgan fingerprint density at radius 3 is 2.70 bits per heavy atom. The van der Waals surface area contributed by atoms with Crippen LogP contribution in [0.4, 0.5) is 0 Å². The van der Waals surface area contributed by atoms with E-state index in [4.69, 9.17) is 4.99 Å². The average molecular weight is 269 g/mol. The van der Waals surface area contributed by atoms with Gasteiger partial charge in [0.05, 0.1) is 12.1 Å². The molecule has 2 bridgehead atoms. The Morgan fingerprint density at radius 2 is 2.05 bits per heavy atom. The molecule has 0 N–H and O–H groups in total. The number of aliphatic imine (C=N–C) groups is 1. The summed E-state index contributed by atoms with van der Waals surface area (Å²) in [4.78, 5) is 12.0. The monoisotopic (exact) mass is 269 g/mol. The minimum atomic E-state index is 0.340. The second-order valence-electron chi connectivity index (χ2n) is 7.50. The molecule has 0 aromatic carbocycles. The molecule has 2 fully saturated rings. The maximum Gasteiger partial charge on any atom is 0.150 e. The third-order valence-electron chi connectivity index (χ3n) is 6.70. The molecule has 0 amide bonds. The zero-order valence-corrected chi connectivity index (χ0v) is 12.8. The third-order valence-corrected chi connectivity index (χ3v) is 6.70. The van der Waals surface area contributed by atoms with Gasteiger partial charge in [0.2, 0.25) is 0 Å². The number of amidine groups is 1. The first-order chi connectivity index (χ1) is 9.47. The van der Waals surface area contributed by atoms with Crippen molar-refractivity contribution in [3.8, 4) is 0 Å². The van der Waals surface area contributed by atoms with E-state index in [0.29, 0.717) is 22.9 Å². The highest BCUT2D eigenvalue weighted by Crippen LogP contribution is 2.68. The molecule has 0 spiro atoms. The minimum Gasteiger partial charge on any atom is -0.353 e.